The summed E-state index contributed by atoms with van der Waals surface area (Å²) < 4.78 is 24.4. The van der Waals surface area contributed by atoms with Gasteiger partial charge in [-0.25, -0.2) is 18.6 Å². The molecule has 0 spiro atoms. The minimum atomic E-state index is -3.00. The Labute approximate surface area is 82.2 Å². The molecule has 0 aromatic carbocycles. The van der Waals surface area contributed by atoms with Crippen LogP contribution in [0.25, 0.3) is 0 Å². The zero-order chi connectivity index (χ0) is 11.6. The SMILES string of the molecule is N#Cc1cc(C(F)F)nc(C(=O)O)c1O. The number of carboxylic acids is 1. The van der Waals surface area contributed by atoms with Crippen molar-refractivity contribution in [3.05, 3.63) is 23.0 Å². The highest BCUT2D eigenvalue weighted by atomic mass is 19.3. The molecule has 0 unspecified atom stereocenters. The minimum Gasteiger partial charge on any atom is -0.504 e. The zero-order valence-corrected chi connectivity index (χ0v) is 7.11. The van der Waals surface area contributed by atoms with Crippen molar-refractivity contribution in [2.45, 2.75) is 6.43 Å². The van der Waals surface area contributed by atoms with Gasteiger partial charge in [-0.05, 0) is 6.07 Å². The molecule has 0 saturated carbocycles. The second-order valence-electron chi connectivity index (χ2n) is 2.51. The normalized spacial score (nSPS) is 10.0. The molecule has 7 heteroatoms. The number of pyridine rings is 1. The van der Waals surface area contributed by atoms with Gasteiger partial charge in [-0.2, -0.15) is 5.26 Å². The first-order valence-electron chi connectivity index (χ1n) is 3.62. The number of nitriles is 1. The van der Waals surface area contributed by atoms with Crippen LogP contribution >= 0.6 is 0 Å². The first-order valence-corrected chi connectivity index (χ1v) is 3.62. The quantitative estimate of drug-likeness (QED) is 0.773. The van der Waals surface area contributed by atoms with E-state index in [2.05, 4.69) is 4.98 Å². The van der Waals surface area contributed by atoms with E-state index in [1.165, 1.54) is 6.07 Å². The molecule has 1 aromatic heterocycles. The fourth-order valence-electron chi connectivity index (χ4n) is 0.904. The summed E-state index contributed by atoms with van der Waals surface area (Å²) in [4.78, 5) is 13.5. The summed E-state index contributed by atoms with van der Waals surface area (Å²) in [5, 5.41) is 26.1. The topological polar surface area (TPSA) is 94.2 Å². The standard InChI is InChI=1S/C8H4F2N2O3/c9-7(10)4-1-3(2-11)6(13)5(12-4)8(14)15/h1,7,13H,(H,14,15). The lowest BCUT2D eigenvalue weighted by molar-refractivity contribution is 0.0685. The van der Waals surface area contributed by atoms with Crippen LogP contribution in [0.3, 0.4) is 0 Å². The van der Waals surface area contributed by atoms with Crippen LogP contribution in [-0.2, 0) is 0 Å². The molecule has 0 aliphatic heterocycles. The maximum Gasteiger partial charge on any atom is 0.358 e. The van der Waals surface area contributed by atoms with E-state index >= 15 is 0 Å². The Morgan fingerprint density at radius 1 is 1.60 bits per heavy atom. The van der Waals surface area contributed by atoms with Crippen LogP contribution in [0.15, 0.2) is 6.07 Å². The number of hydrogen-bond donors (Lipinski definition) is 2. The van der Waals surface area contributed by atoms with Crippen molar-refractivity contribution in [2.75, 3.05) is 0 Å². The van der Waals surface area contributed by atoms with Crippen LogP contribution in [0.4, 0.5) is 8.78 Å². The number of carbonyl (C=O) groups is 1. The van der Waals surface area contributed by atoms with Gasteiger partial charge < -0.3 is 10.2 Å². The van der Waals surface area contributed by atoms with Crippen molar-refractivity contribution in [3.8, 4) is 11.8 Å². The molecule has 0 atom stereocenters. The first-order chi connectivity index (χ1) is 6.97. The summed E-state index contributed by atoms with van der Waals surface area (Å²) in [7, 11) is 0. The van der Waals surface area contributed by atoms with E-state index in [1.54, 1.807) is 0 Å². The Kier molecular flexibility index (Phi) is 2.80. The van der Waals surface area contributed by atoms with Crippen LogP contribution < -0.4 is 0 Å². The maximum atomic E-state index is 12.2. The number of rotatable bonds is 2. The third-order valence-electron chi connectivity index (χ3n) is 1.56. The van der Waals surface area contributed by atoms with Crippen molar-refractivity contribution in [1.82, 2.24) is 4.98 Å². The number of hydrogen-bond acceptors (Lipinski definition) is 4. The molecule has 0 radical (unpaired) electrons. The largest absolute Gasteiger partial charge is 0.504 e. The lowest BCUT2D eigenvalue weighted by Gasteiger charge is -2.04. The average molecular weight is 214 g/mol. The van der Waals surface area contributed by atoms with Gasteiger partial charge in [0.15, 0.2) is 11.4 Å². The Hall–Kier alpha value is -2.23. The molecule has 0 aliphatic rings. The lowest BCUT2D eigenvalue weighted by atomic mass is 10.2. The summed E-state index contributed by atoms with van der Waals surface area (Å²) in [6.45, 7) is 0. The van der Waals surface area contributed by atoms with Crippen molar-refractivity contribution in [3.63, 3.8) is 0 Å². The van der Waals surface area contributed by atoms with Gasteiger partial charge in [-0.15, -0.1) is 0 Å². The van der Waals surface area contributed by atoms with E-state index in [4.69, 9.17) is 15.5 Å². The Balaban J connectivity index is 3.47. The molecule has 0 bridgehead atoms. The molecular weight excluding hydrogens is 210 g/mol. The summed E-state index contributed by atoms with van der Waals surface area (Å²) in [5.41, 5.74) is -2.36. The van der Waals surface area contributed by atoms with Gasteiger partial charge in [0, 0.05) is 0 Å². The Morgan fingerprint density at radius 3 is 2.60 bits per heavy atom. The molecule has 1 rings (SSSR count). The summed E-state index contributed by atoms with van der Waals surface area (Å²) in [6, 6.07) is 2.04. The molecule has 15 heavy (non-hydrogen) atoms. The molecule has 1 heterocycles. The van der Waals surface area contributed by atoms with Crippen LogP contribution in [-0.4, -0.2) is 21.2 Å². The van der Waals surface area contributed by atoms with Gasteiger partial charge in [0.1, 0.15) is 11.8 Å². The number of aromatic carboxylic acids is 1. The number of aromatic nitrogens is 1. The van der Waals surface area contributed by atoms with Gasteiger partial charge in [-0.1, -0.05) is 0 Å². The second-order valence-corrected chi connectivity index (χ2v) is 2.51. The minimum absolute atomic E-state index is 0.544. The molecule has 2 N–H and O–H groups in total. The Bertz CT molecular complexity index is 454. The fourth-order valence-corrected chi connectivity index (χ4v) is 0.904. The van der Waals surface area contributed by atoms with Crippen molar-refractivity contribution < 1.29 is 23.8 Å². The van der Waals surface area contributed by atoms with E-state index in [0.29, 0.717) is 6.07 Å². The number of carboxylic acid groups (broad SMARTS) is 1. The molecule has 0 fully saturated rings. The summed E-state index contributed by atoms with van der Waals surface area (Å²) >= 11 is 0. The van der Waals surface area contributed by atoms with Gasteiger partial charge in [-0.3, -0.25) is 0 Å². The van der Waals surface area contributed by atoms with Crippen LogP contribution in [0.1, 0.15) is 28.2 Å². The zero-order valence-electron chi connectivity index (χ0n) is 7.11. The number of halogens is 2. The third-order valence-corrected chi connectivity index (χ3v) is 1.56. The maximum absolute atomic E-state index is 12.2. The summed E-state index contributed by atoms with van der Waals surface area (Å²) in [6.07, 6.45) is -3.00. The van der Waals surface area contributed by atoms with Gasteiger partial charge in [0.25, 0.3) is 6.43 Å². The van der Waals surface area contributed by atoms with E-state index in [9.17, 15) is 13.6 Å². The third kappa shape index (κ3) is 1.99. The van der Waals surface area contributed by atoms with E-state index in [-0.39, 0.29) is 0 Å². The van der Waals surface area contributed by atoms with E-state index < -0.39 is 35.1 Å². The van der Waals surface area contributed by atoms with Crippen LogP contribution in [0.5, 0.6) is 5.75 Å². The fraction of sp³-hybridized carbons (Fsp3) is 0.125. The molecular formula is C8H4F2N2O3. The van der Waals surface area contributed by atoms with Gasteiger partial charge in [0.05, 0.1) is 5.56 Å². The number of alkyl halides is 2. The van der Waals surface area contributed by atoms with Crippen LogP contribution in [0, 0.1) is 11.3 Å². The summed E-state index contributed by atoms with van der Waals surface area (Å²) in [5.74, 6) is -2.58. The molecule has 78 valence electrons. The molecule has 5 nitrogen and oxygen atoms in total. The van der Waals surface area contributed by atoms with Gasteiger partial charge in [0.2, 0.25) is 0 Å². The van der Waals surface area contributed by atoms with Gasteiger partial charge >= 0.3 is 5.97 Å². The monoisotopic (exact) mass is 214 g/mol. The van der Waals surface area contributed by atoms with Crippen molar-refractivity contribution in [2.24, 2.45) is 0 Å². The smallest absolute Gasteiger partial charge is 0.358 e. The highest BCUT2D eigenvalue weighted by molar-refractivity contribution is 5.89. The predicted octanol–water partition coefficient (Wildman–Crippen LogP) is 1.29. The van der Waals surface area contributed by atoms with E-state index in [0.717, 1.165) is 0 Å². The van der Waals surface area contributed by atoms with Crippen LogP contribution in [0.2, 0.25) is 0 Å². The lowest BCUT2D eigenvalue weighted by Crippen LogP contribution is -2.05. The first kappa shape index (κ1) is 10.8. The second kappa shape index (κ2) is 3.88. The highest BCUT2D eigenvalue weighted by Gasteiger charge is 2.20. The molecule has 1 aromatic rings. The van der Waals surface area contributed by atoms with E-state index in [1.807, 2.05) is 0 Å². The average Bonchev–Trinajstić information content (AvgIpc) is 2.17. The molecule has 0 amide bonds. The highest BCUT2D eigenvalue weighted by Crippen LogP contribution is 2.25. The number of aromatic hydroxyl groups is 1. The predicted molar refractivity (Wildman–Crippen MR) is 42.5 cm³/mol. The molecule has 0 saturated heterocycles. The Morgan fingerprint density at radius 2 is 2.20 bits per heavy atom. The number of nitrogens with zero attached hydrogens (tertiary/aromatic N) is 2. The molecule has 0 aliphatic carbocycles. The van der Waals surface area contributed by atoms with Crippen molar-refractivity contribution in [1.29, 1.82) is 5.26 Å². The van der Waals surface area contributed by atoms with Crippen molar-refractivity contribution >= 4 is 5.97 Å².